The first kappa shape index (κ1) is 20.4. The summed E-state index contributed by atoms with van der Waals surface area (Å²) in [6.07, 6.45) is 1.29. The second-order valence-electron chi connectivity index (χ2n) is 6.90. The topological polar surface area (TPSA) is 91.6 Å². The summed E-state index contributed by atoms with van der Waals surface area (Å²) in [6, 6.07) is 8.93. The van der Waals surface area contributed by atoms with E-state index in [2.05, 4.69) is 10.3 Å². The lowest BCUT2D eigenvalue weighted by molar-refractivity contribution is -0.127. The lowest BCUT2D eigenvalue weighted by Gasteiger charge is -2.26. The van der Waals surface area contributed by atoms with Crippen molar-refractivity contribution in [3.63, 3.8) is 0 Å². The van der Waals surface area contributed by atoms with Gasteiger partial charge in [0.05, 0.1) is 15.9 Å². The number of benzene rings is 2. The highest BCUT2D eigenvalue weighted by Crippen LogP contribution is 2.31. The fourth-order valence-corrected chi connectivity index (χ4v) is 4.25. The van der Waals surface area contributed by atoms with Crippen LogP contribution in [0, 0.1) is 5.82 Å². The number of anilines is 3. The van der Waals surface area contributed by atoms with Crippen LogP contribution in [0.2, 0.25) is 5.02 Å². The number of nitrogens with two attached hydrogens (primary N) is 1. The summed E-state index contributed by atoms with van der Waals surface area (Å²) < 4.78 is 15.6. The van der Waals surface area contributed by atoms with Crippen molar-refractivity contribution in [3.05, 3.63) is 47.2 Å². The number of carbonyl (C=O) groups is 2. The molecular weight excluding hydrogens is 429 g/mol. The maximum Gasteiger partial charge on any atom is 0.326 e. The van der Waals surface area contributed by atoms with Crippen LogP contribution in [0.25, 0.3) is 10.2 Å². The van der Waals surface area contributed by atoms with Gasteiger partial charge in [-0.3, -0.25) is 9.69 Å². The minimum Gasteiger partial charge on any atom is -0.375 e. The van der Waals surface area contributed by atoms with Gasteiger partial charge in [0, 0.05) is 42.8 Å². The predicted molar refractivity (Wildman–Crippen MR) is 118 cm³/mol. The molecule has 1 saturated heterocycles. The number of urea groups is 1. The Morgan fingerprint density at radius 2 is 2.10 bits per heavy atom. The third-order valence-corrected chi connectivity index (χ3v) is 5.97. The number of likely N-dealkylation sites (tertiary alicyclic amines) is 1. The number of aromatic nitrogens is 1. The molecule has 0 unspecified atom stereocenters. The van der Waals surface area contributed by atoms with E-state index in [-0.39, 0.29) is 18.1 Å². The molecule has 3 N–H and O–H groups in total. The first-order valence-electron chi connectivity index (χ1n) is 9.38. The minimum atomic E-state index is -0.591. The number of amides is 3. The van der Waals surface area contributed by atoms with Crippen molar-refractivity contribution in [2.45, 2.75) is 12.8 Å². The van der Waals surface area contributed by atoms with E-state index in [4.69, 9.17) is 17.3 Å². The van der Waals surface area contributed by atoms with Crippen LogP contribution in [0.1, 0.15) is 12.8 Å². The number of hydrogen-bond donors (Lipinski definition) is 2. The zero-order valence-electron chi connectivity index (χ0n) is 15.9. The zero-order valence-corrected chi connectivity index (χ0v) is 17.5. The van der Waals surface area contributed by atoms with E-state index in [1.165, 1.54) is 22.3 Å². The Bertz CT molecular complexity index is 1100. The van der Waals surface area contributed by atoms with Gasteiger partial charge >= 0.3 is 6.03 Å². The van der Waals surface area contributed by atoms with Gasteiger partial charge in [0.15, 0.2) is 5.13 Å². The molecule has 2 heterocycles. The van der Waals surface area contributed by atoms with E-state index >= 15 is 0 Å². The van der Waals surface area contributed by atoms with Crippen LogP contribution >= 0.6 is 22.9 Å². The zero-order chi connectivity index (χ0) is 21.3. The maximum absolute atomic E-state index is 14.9. The number of halogens is 2. The standard InChI is InChI=1S/C20H19ClFN5O2S/c21-12-3-5-13(6-4-12)24-20(29)27(9-8-26-7-1-2-18(26)28)16-11-17-15(10-14(16)22)25-19(23)30-17/h3-6,10-11H,1-2,7-9H2,(H2,23,25)(H,24,29). The van der Waals surface area contributed by atoms with Gasteiger partial charge in [-0.25, -0.2) is 14.2 Å². The lowest BCUT2D eigenvalue weighted by atomic mass is 10.2. The molecule has 0 aliphatic carbocycles. The maximum atomic E-state index is 14.9. The van der Waals surface area contributed by atoms with Gasteiger partial charge in [-0.15, -0.1) is 0 Å². The first-order valence-corrected chi connectivity index (χ1v) is 10.6. The summed E-state index contributed by atoms with van der Waals surface area (Å²) >= 11 is 7.11. The van der Waals surface area contributed by atoms with Crippen LogP contribution in [0.3, 0.4) is 0 Å². The molecule has 0 bridgehead atoms. The van der Waals surface area contributed by atoms with Crippen LogP contribution in [-0.2, 0) is 4.79 Å². The molecule has 156 valence electrons. The summed E-state index contributed by atoms with van der Waals surface area (Å²) in [5.41, 5.74) is 6.80. The van der Waals surface area contributed by atoms with Crippen molar-refractivity contribution in [3.8, 4) is 0 Å². The van der Waals surface area contributed by atoms with Gasteiger partial charge in [-0.05, 0) is 36.8 Å². The number of nitrogens with zero attached hydrogens (tertiary/aromatic N) is 3. The van der Waals surface area contributed by atoms with Crippen molar-refractivity contribution in [2.24, 2.45) is 0 Å². The molecule has 1 aliphatic heterocycles. The van der Waals surface area contributed by atoms with E-state index in [0.717, 1.165) is 6.42 Å². The van der Waals surface area contributed by atoms with Gasteiger partial charge < -0.3 is 16.0 Å². The second-order valence-corrected chi connectivity index (χ2v) is 8.40. The molecule has 3 amide bonds. The van der Waals surface area contributed by atoms with Gasteiger partial charge in [0.1, 0.15) is 5.82 Å². The summed E-state index contributed by atoms with van der Waals surface area (Å²) in [5.74, 6) is -0.550. The third-order valence-electron chi connectivity index (χ3n) is 4.87. The lowest BCUT2D eigenvalue weighted by Crippen LogP contribution is -2.41. The van der Waals surface area contributed by atoms with E-state index in [0.29, 0.717) is 45.6 Å². The highest BCUT2D eigenvalue weighted by molar-refractivity contribution is 7.22. The third kappa shape index (κ3) is 4.31. The smallest absolute Gasteiger partial charge is 0.326 e. The molecule has 1 aliphatic rings. The monoisotopic (exact) mass is 447 g/mol. The van der Waals surface area contributed by atoms with Crippen molar-refractivity contribution in [1.82, 2.24) is 9.88 Å². The molecule has 0 saturated carbocycles. The number of carbonyl (C=O) groups excluding carboxylic acids is 2. The van der Waals surface area contributed by atoms with Crippen molar-refractivity contribution in [2.75, 3.05) is 35.6 Å². The Balaban J connectivity index is 1.63. The van der Waals surface area contributed by atoms with E-state index < -0.39 is 11.8 Å². The summed E-state index contributed by atoms with van der Waals surface area (Å²) in [4.78, 5) is 32.1. The average molecular weight is 448 g/mol. The molecular formula is C20H19ClFN5O2S. The molecule has 10 heteroatoms. The summed E-state index contributed by atoms with van der Waals surface area (Å²) in [6.45, 7) is 1.09. The van der Waals surface area contributed by atoms with Gasteiger partial charge in [-0.1, -0.05) is 22.9 Å². The molecule has 0 radical (unpaired) electrons. The molecule has 7 nitrogen and oxygen atoms in total. The molecule has 1 aromatic heterocycles. The van der Waals surface area contributed by atoms with Gasteiger partial charge in [-0.2, -0.15) is 0 Å². The highest BCUT2D eigenvalue weighted by atomic mass is 35.5. The average Bonchev–Trinajstić information content (AvgIpc) is 3.27. The normalized spacial score (nSPS) is 13.8. The predicted octanol–water partition coefficient (Wildman–Crippen LogP) is 4.33. The Morgan fingerprint density at radius 3 is 2.80 bits per heavy atom. The first-order chi connectivity index (χ1) is 14.4. The fourth-order valence-electron chi connectivity index (χ4n) is 3.38. The molecule has 4 rings (SSSR count). The van der Waals surface area contributed by atoms with Crippen LogP contribution in [-0.4, -0.2) is 41.5 Å². The summed E-state index contributed by atoms with van der Waals surface area (Å²) in [7, 11) is 0. The Labute approximate surface area is 181 Å². The number of nitrogens with one attached hydrogen (secondary N) is 1. The molecule has 0 spiro atoms. The van der Waals surface area contributed by atoms with Crippen molar-refractivity contribution in [1.29, 1.82) is 0 Å². The molecule has 2 aromatic carbocycles. The Kier molecular flexibility index (Phi) is 5.74. The van der Waals surface area contributed by atoms with E-state index in [9.17, 15) is 14.0 Å². The van der Waals surface area contributed by atoms with Gasteiger partial charge in [0.25, 0.3) is 0 Å². The van der Waals surface area contributed by atoms with Crippen LogP contribution in [0.15, 0.2) is 36.4 Å². The minimum absolute atomic E-state index is 0.0409. The van der Waals surface area contributed by atoms with Crippen molar-refractivity contribution >= 4 is 61.6 Å². The van der Waals surface area contributed by atoms with E-state index in [1.807, 2.05) is 0 Å². The van der Waals surface area contributed by atoms with Crippen LogP contribution < -0.4 is 16.0 Å². The van der Waals surface area contributed by atoms with Crippen LogP contribution in [0.4, 0.5) is 25.7 Å². The second kappa shape index (κ2) is 8.45. The Hall–Kier alpha value is -2.91. The SMILES string of the molecule is Nc1nc2cc(F)c(N(CCN3CCCC3=O)C(=O)Nc3ccc(Cl)cc3)cc2s1. The molecule has 1 fully saturated rings. The highest BCUT2D eigenvalue weighted by Gasteiger charge is 2.25. The van der Waals surface area contributed by atoms with Gasteiger partial charge in [0.2, 0.25) is 5.91 Å². The summed E-state index contributed by atoms with van der Waals surface area (Å²) in [5, 5.41) is 3.62. The number of fused-ring (bicyclic) bond motifs is 1. The number of rotatable bonds is 5. The van der Waals surface area contributed by atoms with Crippen molar-refractivity contribution < 1.29 is 14.0 Å². The Morgan fingerprint density at radius 1 is 1.33 bits per heavy atom. The van der Waals surface area contributed by atoms with Crippen LogP contribution in [0.5, 0.6) is 0 Å². The number of nitrogen functional groups attached to an aromatic ring is 1. The quantitative estimate of drug-likeness (QED) is 0.608. The molecule has 30 heavy (non-hydrogen) atoms. The number of thiazole rings is 1. The van der Waals surface area contributed by atoms with E-state index in [1.54, 1.807) is 35.2 Å². The fraction of sp³-hybridized carbons (Fsp3) is 0.250. The largest absolute Gasteiger partial charge is 0.375 e. The molecule has 0 atom stereocenters. The molecule has 3 aromatic rings. The number of hydrogen-bond acceptors (Lipinski definition) is 5.